The number of benzene rings is 2. The first-order valence-electron chi connectivity index (χ1n) is 9.81. The summed E-state index contributed by atoms with van der Waals surface area (Å²) in [7, 11) is 0. The summed E-state index contributed by atoms with van der Waals surface area (Å²) in [6, 6.07) is 16.2. The Kier molecular flexibility index (Phi) is 7.07. The lowest BCUT2D eigenvalue weighted by Crippen LogP contribution is -2.14. The lowest BCUT2D eigenvalue weighted by molar-refractivity contribution is -0.112. The van der Waals surface area contributed by atoms with E-state index in [2.05, 4.69) is 10.5 Å². The van der Waals surface area contributed by atoms with Crippen molar-refractivity contribution in [1.29, 1.82) is 5.26 Å². The highest BCUT2D eigenvalue weighted by atomic mass is 16.5. The fraction of sp³-hybridized carbons (Fsp3) is 0.208. The predicted octanol–water partition coefficient (Wildman–Crippen LogP) is 4.81. The van der Waals surface area contributed by atoms with Gasteiger partial charge in [0, 0.05) is 0 Å². The monoisotopic (exact) mass is 417 g/mol. The van der Waals surface area contributed by atoms with Crippen molar-refractivity contribution in [3.8, 4) is 17.6 Å². The van der Waals surface area contributed by atoms with E-state index in [9.17, 15) is 10.1 Å². The Morgan fingerprint density at radius 3 is 2.55 bits per heavy atom. The molecule has 3 rings (SSSR count). The number of nitrogens with zero attached hydrogens (tertiary/aromatic N) is 2. The molecule has 0 atom stereocenters. The second-order valence-electron chi connectivity index (χ2n) is 6.71. The first-order chi connectivity index (χ1) is 15.0. The summed E-state index contributed by atoms with van der Waals surface area (Å²) in [5.74, 6) is 1.43. The van der Waals surface area contributed by atoms with E-state index in [0.717, 1.165) is 17.0 Å². The van der Waals surface area contributed by atoms with Gasteiger partial charge in [0.05, 0.1) is 23.6 Å². The second-order valence-corrected chi connectivity index (χ2v) is 6.71. The second kappa shape index (κ2) is 10.1. The number of amides is 1. The molecule has 1 N–H and O–H groups in total. The molecule has 0 saturated carbocycles. The fourth-order valence-electron chi connectivity index (χ4n) is 2.88. The summed E-state index contributed by atoms with van der Waals surface area (Å²) >= 11 is 0. The quantitative estimate of drug-likeness (QED) is 0.417. The molecule has 1 amide bonds. The molecule has 158 valence electrons. The van der Waals surface area contributed by atoms with Gasteiger partial charge < -0.3 is 19.3 Å². The number of hydrogen-bond acceptors (Lipinski definition) is 6. The summed E-state index contributed by atoms with van der Waals surface area (Å²) in [5.41, 5.74) is 2.91. The van der Waals surface area contributed by atoms with E-state index in [1.54, 1.807) is 42.5 Å². The number of aromatic nitrogens is 1. The maximum Gasteiger partial charge on any atom is 0.266 e. The van der Waals surface area contributed by atoms with E-state index in [0.29, 0.717) is 36.0 Å². The zero-order chi connectivity index (χ0) is 22.2. The highest BCUT2D eigenvalue weighted by Gasteiger charge is 2.13. The van der Waals surface area contributed by atoms with E-state index >= 15 is 0 Å². The number of carbonyl (C=O) groups excluding carboxylic acids is 1. The molecule has 2 aromatic carbocycles. The van der Waals surface area contributed by atoms with Crippen molar-refractivity contribution in [2.24, 2.45) is 0 Å². The maximum absolute atomic E-state index is 12.6. The molecule has 7 heteroatoms. The van der Waals surface area contributed by atoms with E-state index in [1.807, 2.05) is 32.9 Å². The van der Waals surface area contributed by atoms with E-state index < -0.39 is 5.91 Å². The summed E-state index contributed by atoms with van der Waals surface area (Å²) in [6.45, 7) is 6.39. The first kappa shape index (κ1) is 21.7. The minimum absolute atomic E-state index is 0.0179. The van der Waals surface area contributed by atoms with Crippen LogP contribution in [0.3, 0.4) is 0 Å². The Morgan fingerprint density at radius 2 is 1.90 bits per heavy atom. The molecule has 3 aromatic rings. The highest BCUT2D eigenvalue weighted by Crippen LogP contribution is 2.24. The Morgan fingerprint density at radius 1 is 1.16 bits per heavy atom. The van der Waals surface area contributed by atoms with Crippen molar-refractivity contribution in [2.45, 2.75) is 27.4 Å². The minimum Gasteiger partial charge on any atom is -0.492 e. The van der Waals surface area contributed by atoms with Crippen LogP contribution < -0.4 is 14.8 Å². The molecular weight excluding hydrogens is 394 g/mol. The van der Waals surface area contributed by atoms with Crippen LogP contribution in [-0.4, -0.2) is 17.7 Å². The maximum atomic E-state index is 12.6. The van der Waals surface area contributed by atoms with Crippen molar-refractivity contribution in [3.05, 3.63) is 76.7 Å². The fourth-order valence-corrected chi connectivity index (χ4v) is 2.88. The minimum atomic E-state index is -0.506. The van der Waals surface area contributed by atoms with Gasteiger partial charge in [0.25, 0.3) is 5.91 Å². The lowest BCUT2D eigenvalue weighted by atomic mass is 10.1. The summed E-state index contributed by atoms with van der Waals surface area (Å²) in [5, 5.41) is 16.1. The van der Waals surface area contributed by atoms with E-state index in [-0.39, 0.29) is 5.57 Å². The first-order valence-corrected chi connectivity index (χ1v) is 9.81. The summed E-state index contributed by atoms with van der Waals surface area (Å²) < 4.78 is 16.4. The number of hydrogen-bond donors (Lipinski definition) is 1. The molecule has 0 saturated heterocycles. The van der Waals surface area contributed by atoms with Crippen LogP contribution in [0.25, 0.3) is 6.08 Å². The normalized spacial score (nSPS) is 11.0. The molecular formula is C24H23N3O4. The Balaban J connectivity index is 1.68. The summed E-state index contributed by atoms with van der Waals surface area (Å²) in [6.07, 6.45) is 1.52. The number of nitrogens with one attached hydrogen (secondary N) is 1. The third kappa shape index (κ3) is 5.52. The molecule has 7 nitrogen and oxygen atoms in total. The largest absolute Gasteiger partial charge is 0.492 e. The van der Waals surface area contributed by atoms with Gasteiger partial charge in [-0.2, -0.15) is 5.26 Å². The van der Waals surface area contributed by atoms with Crippen LogP contribution in [0.15, 0.2) is 58.6 Å². The van der Waals surface area contributed by atoms with Crippen LogP contribution in [0.2, 0.25) is 0 Å². The van der Waals surface area contributed by atoms with Crippen molar-refractivity contribution in [1.82, 2.24) is 5.16 Å². The smallest absolute Gasteiger partial charge is 0.266 e. The molecule has 0 radical (unpaired) electrons. The molecule has 0 bridgehead atoms. The van der Waals surface area contributed by atoms with Gasteiger partial charge in [-0.15, -0.1) is 0 Å². The molecule has 0 fully saturated rings. The number of aryl methyl sites for hydroxylation is 2. The van der Waals surface area contributed by atoms with Crippen LogP contribution in [0.5, 0.6) is 11.5 Å². The number of carbonyl (C=O) groups is 1. The SMILES string of the molecule is CCOc1ccccc1NC(=O)/C(C#N)=C/c1ccc(OCc2c(C)noc2C)cc1. The Labute approximate surface area is 180 Å². The van der Waals surface area contributed by atoms with Gasteiger partial charge in [0.2, 0.25) is 0 Å². The number of nitriles is 1. The number of para-hydroxylation sites is 2. The van der Waals surface area contributed by atoms with Crippen LogP contribution in [0.1, 0.15) is 29.5 Å². The van der Waals surface area contributed by atoms with Crippen LogP contribution in [0, 0.1) is 25.2 Å². The van der Waals surface area contributed by atoms with Crippen molar-refractivity contribution in [2.75, 3.05) is 11.9 Å². The van der Waals surface area contributed by atoms with E-state index in [4.69, 9.17) is 14.0 Å². The third-order valence-corrected chi connectivity index (χ3v) is 4.56. The molecule has 0 aliphatic rings. The number of anilines is 1. The van der Waals surface area contributed by atoms with Crippen molar-refractivity contribution >= 4 is 17.7 Å². The lowest BCUT2D eigenvalue weighted by Gasteiger charge is -2.10. The van der Waals surface area contributed by atoms with Gasteiger partial charge >= 0.3 is 0 Å². The molecule has 0 spiro atoms. The zero-order valence-electron chi connectivity index (χ0n) is 17.6. The molecule has 1 heterocycles. The average Bonchev–Trinajstić information content (AvgIpc) is 3.10. The molecule has 0 aliphatic heterocycles. The van der Waals surface area contributed by atoms with Gasteiger partial charge in [-0.1, -0.05) is 29.4 Å². The Hall–Kier alpha value is -4.05. The molecule has 1 aromatic heterocycles. The van der Waals surface area contributed by atoms with Crippen molar-refractivity contribution < 1.29 is 18.8 Å². The highest BCUT2D eigenvalue weighted by molar-refractivity contribution is 6.10. The zero-order valence-corrected chi connectivity index (χ0v) is 17.6. The van der Waals surface area contributed by atoms with Gasteiger partial charge in [-0.05, 0) is 56.7 Å². The van der Waals surface area contributed by atoms with E-state index in [1.165, 1.54) is 6.08 Å². The van der Waals surface area contributed by atoms with Crippen LogP contribution in [-0.2, 0) is 11.4 Å². The summed E-state index contributed by atoms with van der Waals surface area (Å²) in [4.78, 5) is 12.6. The average molecular weight is 417 g/mol. The van der Waals surface area contributed by atoms with Crippen LogP contribution in [0.4, 0.5) is 5.69 Å². The van der Waals surface area contributed by atoms with Gasteiger partial charge in [0.15, 0.2) is 0 Å². The van der Waals surface area contributed by atoms with Gasteiger partial charge in [-0.25, -0.2) is 0 Å². The van der Waals surface area contributed by atoms with Gasteiger partial charge in [-0.3, -0.25) is 4.79 Å². The third-order valence-electron chi connectivity index (χ3n) is 4.56. The standard InChI is InChI=1S/C24H23N3O4/c1-4-29-23-8-6-5-7-22(23)26-24(28)19(14-25)13-18-9-11-20(12-10-18)30-15-21-16(2)27-31-17(21)3/h5-13H,4,15H2,1-3H3,(H,26,28)/b19-13+. The topological polar surface area (TPSA) is 97.4 Å². The van der Waals surface area contributed by atoms with Crippen molar-refractivity contribution in [3.63, 3.8) is 0 Å². The number of ether oxygens (including phenoxy) is 2. The molecule has 0 aliphatic carbocycles. The predicted molar refractivity (Wildman–Crippen MR) is 117 cm³/mol. The van der Waals surface area contributed by atoms with Crippen LogP contribution >= 0.6 is 0 Å². The Bertz CT molecular complexity index is 1100. The molecule has 31 heavy (non-hydrogen) atoms. The number of rotatable bonds is 8. The molecule has 0 unspecified atom stereocenters. The van der Waals surface area contributed by atoms with Gasteiger partial charge in [0.1, 0.15) is 35.5 Å².